The SMILES string of the molecule is COc1ccccc1NC(=O)N(CCN(C)C)c1nc2ccc(OC(F)(F)F)cc2s1.Cl. The topological polar surface area (TPSA) is 66.9 Å². The minimum atomic E-state index is -4.78. The molecule has 0 bridgehead atoms. The lowest BCUT2D eigenvalue weighted by Gasteiger charge is -2.22. The van der Waals surface area contributed by atoms with Crippen LogP contribution in [0.5, 0.6) is 11.5 Å². The molecule has 2 amide bonds. The van der Waals surface area contributed by atoms with Crippen LogP contribution >= 0.6 is 23.7 Å². The quantitative estimate of drug-likeness (QED) is 0.491. The molecular weight excluding hydrogens is 469 g/mol. The van der Waals surface area contributed by atoms with Gasteiger partial charge in [0.2, 0.25) is 0 Å². The summed E-state index contributed by atoms with van der Waals surface area (Å²) >= 11 is 1.10. The van der Waals surface area contributed by atoms with E-state index >= 15 is 0 Å². The van der Waals surface area contributed by atoms with Crippen LogP contribution < -0.4 is 19.7 Å². The number of thiazole rings is 1. The molecule has 0 saturated heterocycles. The van der Waals surface area contributed by atoms with E-state index in [1.54, 1.807) is 24.3 Å². The Bertz CT molecular complexity index is 1060. The number of urea groups is 1. The van der Waals surface area contributed by atoms with Crippen LogP contribution in [0.15, 0.2) is 42.5 Å². The molecule has 0 fully saturated rings. The Morgan fingerprint density at radius 2 is 1.88 bits per heavy atom. The van der Waals surface area contributed by atoms with Crippen molar-refractivity contribution >= 4 is 50.8 Å². The third-order valence-corrected chi connectivity index (χ3v) is 5.22. The van der Waals surface area contributed by atoms with Gasteiger partial charge in [-0.05, 0) is 38.4 Å². The Hall–Kier alpha value is -2.76. The van der Waals surface area contributed by atoms with Crippen LogP contribution in [0, 0.1) is 0 Å². The first-order chi connectivity index (χ1) is 14.7. The van der Waals surface area contributed by atoms with Gasteiger partial charge in [0.05, 0.1) is 23.0 Å². The van der Waals surface area contributed by atoms with Gasteiger partial charge in [-0.15, -0.1) is 25.6 Å². The Morgan fingerprint density at radius 3 is 2.53 bits per heavy atom. The van der Waals surface area contributed by atoms with Gasteiger partial charge in [0.25, 0.3) is 0 Å². The number of fused-ring (bicyclic) bond motifs is 1. The van der Waals surface area contributed by atoms with Crippen molar-refractivity contribution in [3.8, 4) is 11.5 Å². The molecule has 2 aromatic carbocycles. The summed E-state index contributed by atoms with van der Waals surface area (Å²) in [6.45, 7) is 0.872. The summed E-state index contributed by atoms with van der Waals surface area (Å²) in [6, 6.07) is 10.4. The van der Waals surface area contributed by atoms with E-state index in [4.69, 9.17) is 4.74 Å². The number of methoxy groups -OCH3 is 1. The van der Waals surface area contributed by atoms with Crippen LogP contribution in [0.1, 0.15) is 0 Å². The molecule has 0 unspecified atom stereocenters. The third kappa shape index (κ3) is 6.62. The number of rotatable bonds is 7. The van der Waals surface area contributed by atoms with Crippen LogP contribution in [0.4, 0.5) is 28.8 Å². The highest BCUT2D eigenvalue weighted by Gasteiger charge is 2.31. The second-order valence-corrected chi connectivity index (χ2v) is 7.77. The van der Waals surface area contributed by atoms with E-state index in [2.05, 4.69) is 15.0 Å². The lowest BCUT2D eigenvalue weighted by Crippen LogP contribution is -2.39. The maximum absolute atomic E-state index is 13.1. The number of likely N-dealkylation sites (N-methyl/N-ethyl adjacent to an activating group) is 1. The highest BCUT2D eigenvalue weighted by atomic mass is 35.5. The smallest absolute Gasteiger partial charge is 0.495 e. The van der Waals surface area contributed by atoms with Crippen LogP contribution in [0.2, 0.25) is 0 Å². The third-order valence-electron chi connectivity index (χ3n) is 4.18. The van der Waals surface area contributed by atoms with Gasteiger partial charge in [-0.3, -0.25) is 4.90 Å². The highest BCUT2D eigenvalue weighted by molar-refractivity contribution is 7.22. The number of benzene rings is 2. The van der Waals surface area contributed by atoms with Crippen molar-refractivity contribution < 1.29 is 27.4 Å². The van der Waals surface area contributed by atoms with Gasteiger partial charge in [-0.1, -0.05) is 23.5 Å². The van der Waals surface area contributed by atoms with Crippen LogP contribution in [-0.4, -0.2) is 56.6 Å². The van der Waals surface area contributed by atoms with Gasteiger partial charge in [-0.2, -0.15) is 0 Å². The number of nitrogens with one attached hydrogen (secondary N) is 1. The number of hydrogen-bond donors (Lipinski definition) is 1. The fourth-order valence-electron chi connectivity index (χ4n) is 2.72. The van der Waals surface area contributed by atoms with Gasteiger partial charge in [0.1, 0.15) is 11.5 Å². The summed E-state index contributed by atoms with van der Waals surface area (Å²) in [4.78, 5) is 20.8. The van der Waals surface area contributed by atoms with Crippen LogP contribution in [0.3, 0.4) is 0 Å². The number of hydrogen-bond acceptors (Lipinski definition) is 6. The number of amides is 2. The molecule has 1 heterocycles. The minimum absolute atomic E-state index is 0. The molecule has 0 aliphatic heterocycles. The number of alkyl halides is 3. The van der Waals surface area contributed by atoms with Gasteiger partial charge >= 0.3 is 12.4 Å². The Balaban J connectivity index is 0.00000363. The van der Waals surface area contributed by atoms with Crippen molar-refractivity contribution in [1.29, 1.82) is 0 Å². The highest BCUT2D eigenvalue weighted by Crippen LogP contribution is 2.34. The number of nitrogens with zero attached hydrogens (tertiary/aromatic N) is 3. The van der Waals surface area contributed by atoms with Crippen molar-refractivity contribution in [2.75, 3.05) is 44.5 Å². The number of carbonyl (C=O) groups is 1. The molecule has 3 aromatic rings. The monoisotopic (exact) mass is 490 g/mol. The predicted octanol–water partition coefficient (Wildman–Crippen LogP) is 5.23. The molecule has 0 radical (unpaired) electrons. The number of aromatic nitrogens is 1. The van der Waals surface area contributed by atoms with E-state index in [1.165, 1.54) is 30.2 Å². The summed E-state index contributed by atoms with van der Waals surface area (Å²) in [7, 11) is 5.24. The van der Waals surface area contributed by atoms with E-state index in [0.717, 1.165) is 11.3 Å². The number of anilines is 2. The van der Waals surface area contributed by atoms with Gasteiger partial charge in [-0.25, -0.2) is 9.78 Å². The van der Waals surface area contributed by atoms with Crippen molar-refractivity contribution in [1.82, 2.24) is 9.88 Å². The fourth-order valence-corrected chi connectivity index (χ4v) is 3.74. The number of halogens is 4. The molecule has 12 heteroatoms. The molecule has 174 valence electrons. The molecular formula is C20H22ClF3N4O3S. The number of para-hydroxylation sites is 2. The second kappa shape index (κ2) is 10.7. The number of carbonyl (C=O) groups excluding carboxylic acids is 1. The zero-order valence-electron chi connectivity index (χ0n) is 17.5. The molecule has 0 saturated carbocycles. The summed E-state index contributed by atoms with van der Waals surface area (Å²) < 4.78 is 47.3. The van der Waals surface area contributed by atoms with Crippen LogP contribution in [-0.2, 0) is 0 Å². The molecule has 0 aliphatic carbocycles. The molecule has 7 nitrogen and oxygen atoms in total. The van der Waals surface area contributed by atoms with E-state index in [0.29, 0.717) is 39.9 Å². The standard InChI is InChI=1S/C20H21F3N4O3S.ClH/c1-26(2)10-11-27(18(28)24-14-6-4-5-7-16(14)29-3)19-25-15-9-8-13(12-17(15)31-19)30-20(21,22)23;/h4-9,12H,10-11H2,1-3H3,(H,24,28);1H. The zero-order chi connectivity index (χ0) is 22.6. The predicted molar refractivity (Wildman–Crippen MR) is 121 cm³/mol. The first-order valence-corrected chi connectivity index (χ1v) is 10.0. The fraction of sp³-hybridized carbons (Fsp3) is 0.300. The van der Waals surface area contributed by atoms with Gasteiger partial charge in [0, 0.05) is 19.2 Å². The molecule has 0 atom stereocenters. The lowest BCUT2D eigenvalue weighted by molar-refractivity contribution is -0.274. The second-order valence-electron chi connectivity index (χ2n) is 6.76. The van der Waals surface area contributed by atoms with Crippen LogP contribution in [0.25, 0.3) is 10.2 Å². The normalized spacial score (nSPS) is 11.2. The van der Waals surface area contributed by atoms with Crippen molar-refractivity contribution in [3.05, 3.63) is 42.5 Å². The lowest BCUT2D eigenvalue weighted by atomic mass is 10.3. The minimum Gasteiger partial charge on any atom is -0.495 e. The van der Waals surface area contributed by atoms with Crippen molar-refractivity contribution in [2.45, 2.75) is 6.36 Å². The summed E-state index contributed by atoms with van der Waals surface area (Å²) in [5.74, 6) is 0.162. The van der Waals surface area contributed by atoms with Gasteiger partial charge < -0.3 is 19.7 Å². The molecule has 32 heavy (non-hydrogen) atoms. The molecule has 1 aromatic heterocycles. The summed E-state index contributed by atoms with van der Waals surface area (Å²) in [6.07, 6.45) is -4.78. The van der Waals surface area contributed by atoms with E-state index < -0.39 is 12.4 Å². The van der Waals surface area contributed by atoms with Crippen molar-refractivity contribution in [3.63, 3.8) is 0 Å². The summed E-state index contributed by atoms with van der Waals surface area (Å²) in [5, 5.41) is 3.16. The largest absolute Gasteiger partial charge is 0.573 e. The Kier molecular flexibility index (Phi) is 8.53. The average molecular weight is 491 g/mol. The first kappa shape index (κ1) is 25.5. The maximum atomic E-state index is 13.1. The Morgan fingerprint density at radius 1 is 1.16 bits per heavy atom. The van der Waals surface area contributed by atoms with E-state index in [9.17, 15) is 18.0 Å². The van der Waals surface area contributed by atoms with Gasteiger partial charge in [0.15, 0.2) is 5.13 Å². The average Bonchev–Trinajstić information content (AvgIpc) is 3.10. The van der Waals surface area contributed by atoms with E-state index in [1.807, 2.05) is 19.0 Å². The summed E-state index contributed by atoms with van der Waals surface area (Å²) in [5.41, 5.74) is 0.960. The zero-order valence-corrected chi connectivity index (χ0v) is 19.1. The van der Waals surface area contributed by atoms with Crippen molar-refractivity contribution in [2.24, 2.45) is 0 Å². The molecule has 0 spiro atoms. The molecule has 3 rings (SSSR count). The maximum Gasteiger partial charge on any atom is 0.573 e. The molecule has 0 aliphatic rings. The number of ether oxygens (including phenoxy) is 2. The molecule has 1 N–H and O–H groups in total. The Labute approximate surface area is 193 Å². The first-order valence-electron chi connectivity index (χ1n) is 9.19. The van der Waals surface area contributed by atoms with E-state index in [-0.39, 0.29) is 18.2 Å².